The average Bonchev–Trinajstić information content (AvgIpc) is 2.86. The number of likely N-dealkylation sites (N-methyl/N-ethyl adjacent to an activating group) is 1. The third kappa shape index (κ3) is 2.90. The Bertz CT molecular complexity index is 322. The highest BCUT2D eigenvalue weighted by Gasteiger charge is 2.44. The van der Waals surface area contributed by atoms with Gasteiger partial charge in [0.15, 0.2) is 0 Å². The minimum atomic E-state index is 0.460. The van der Waals surface area contributed by atoms with Gasteiger partial charge in [-0.2, -0.15) is 0 Å². The van der Waals surface area contributed by atoms with Gasteiger partial charge in [-0.15, -0.1) is 0 Å². The fraction of sp³-hybridized carbons (Fsp3) is 1.00. The standard InChI is InChI=1S/C17H33N3/c1-14(2)16-11-18-17(8-4-5-9-17)13-20(16)15-7-6-10-19(3)12-15/h14-16,18H,4-13H2,1-3H3. The van der Waals surface area contributed by atoms with Crippen LogP contribution in [0.25, 0.3) is 0 Å². The summed E-state index contributed by atoms with van der Waals surface area (Å²) >= 11 is 0. The highest BCUT2D eigenvalue weighted by atomic mass is 15.3. The van der Waals surface area contributed by atoms with Crippen LogP contribution in [0.3, 0.4) is 0 Å². The molecule has 116 valence electrons. The predicted octanol–water partition coefficient (Wildman–Crippen LogP) is 2.32. The molecule has 1 saturated carbocycles. The van der Waals surface area contributed by atoms with Crippen molar-refractivity contribution in [3.05, 3.63) is 0 Å². The molecule has 2 saturated heterocycles. The Morgan fingerprint density at radius 3 is 2.55 bits per heavy atom. The predicted molar refractivity (Wildman–Crippen MR) is 85.1 cm³/mol. The molecule has 1 N–H and O–H groups in total. The molecule has 3 heteroatoms. The largest absolute Gasteiger partial charge is 0.308 e. The van der Waals surface area contributed by atoms with E-state index in [1.165, 1.54) is 64.7 Å². The van der Waals surface area contributed by atoms with Gasteiger partial charge < -0.3 is 10.2 Å². The molecule has 0 amide bonds. The topological polar surface area (TPSA) is 18.5 Å². The number of hydrogen-bond donors (Lipinski definition) is 1. The number of nitrogens with zero attached hydrogens (tertiary/aromatic N) is 2. The molecule has 2 unspecified atom stereocenters. The lowest BCUT2D eigenvalue weighted by atomic mass is 9.86. The van der Waals surface area contributed by atoms with Gasteiger partial charge in [0.25, 0.3) is 0 Å². The van der Waals surface area contributed by atoms with Gasteiger partial charge in [-0.3, -0.25) is 4.90 Å². The van der Waals surface area contributed by atoms with E-state index in [1.54, 1.807) is 0 Å². The van der Waals surface area contributed by atoms with Crippen LogP contribution >= 0.6 is 0 Å². The van der Waals surface area contributed by atoms with Crippen LogP contribution in [0.5, 0.6) is 0 Å². The van der Waals surface area contributed by atoms with E-state index >= 15 is 0 Å². The van der Waals surface area contributed by atoms with Crippen molar-refractivity contribution in [2.75, 3.05) is 33.2 Å². The Balaban J connectivity index is 1.74. The maximum Gasteiger partial charge on any atom is 0.0309 e. The lowest BCUT2D eigenvalue weighted by molar-refractivity contribution is -0.00214. The van der Waals surface area contributed by atoms with E-state index in [0.29, 0.717) is 5.54 Å². The number of rotatable bonds is 2. The van der Waals surface area contributed by atoms with E-state index in [4.69, 9.17) is 0 Å². The zero-order valence-electron chi connectivity index (χ0n) is 13.7. The lowest BCUT2D eigenvalue weighted by Crippen LogP contribution is -2.67. The summed E-state index contributed by atoms with van der Waals surface area (Å²) in [5.41, 5.74) is 0.460. The van der Waals surface area contributed by atoms with Crippen molar-refractivity contribution in [1.82, 2.24) is 15.1 Å². The van der Waals surface area contributed by atoms with E-state index in [2.05, 4.69) is 36.0 Å². The summed E-state index contributed by atoms with van der Waals surface area (Å²) in [5, 5.41) is 3.95. The van der Waals surface area contributed by atoms with E-state index in [1.807, 2.05) is 0 Å². The zero-order chi connectivity index (χ0) is 14.2. The van der Waals surface area contributed by atoms with Crippen LogP contribution in [-0.2, 0) is 0 Å². The van der Waals surface area contributed by atoms with Crippen molar-refractivity contribution in [1.29, 1.82) is 0 Å². The first-order valence-corrected chi connectivity index (χ1v) is 8.79. The molecular weight excluding hydrogens is 246 g/mol. The van der Waals surface area contributed by atoms with Crippen LogP contribution in [0.4, 0.5) is 0 Å². The first-order chi connectivity index (χ1) is 9.60. The van der Waals surface area contributed by atoms with Gasteiger partial charge >= 0.3 is 0 Å². The van der Waals surface area contributed by atoms with Crippen LogP contribution in [0.15, 0.2) is 0 Å². The van der Waals surface area contributed by atoms with E-state index < -0.39 is 0 Å². The maximum absolute atomic E-state index is 3.95. The second-order valence-corrected chi connectivity index (χ2v) is 7.91. The SMILES string of the molecule is CC(C)C1CNC2(CCCC2)CN1C1CCCN(C)C1. The van der Waals surface area contributed by atoms with E-state index in [0.717, 1.165) is 18.0 Å². The number of likely N-dealkylation sites (tertiary alicyclic amines) is 1. The van der Waals surface area contributed by atoms with Gasteiger partial charge in [0, 0.05) is 37.3 Å². The first kappa shape index (κ1) is 14.8. The quantitative estimate of drug-likeness (QED) is 0.837. The summed E-state index contributed by atoms with van der Waals surface area (Å²) in [6.07, 6.45) is 8.44. The summed E-state index contributed by atoms with van der Waals surface area (Å²) in [6.45, 7) is 9.88. The average molecular weight is 279 g/mol. The molecule has 2 aliphatic heterocycles. The Hall–Kier alpha value is -0.120. The minimum Gasteiger partial charge on any atom is -0.308 e. The molecule has 1 aliphatic carbocycles. The van der Waals surface area contributed by atoms with Gasteiger partial charge in [0.1, 0.15) is 0 Å². The molecule has 1 spiro atoms. The smallest absolute Gasteiger partial charge is 0.0309 e. The van der Waals surface area contributed by atoms with Gasteiger partial charge in [0.2, 0.25) is 0 Å². The summed E-state index contributed by atoms with van der Waals surface area (Å²) in [5.74, 6) is 0.758. The van der Waals surface area contributed by atoms with Crippen LogP contribution in [0.1, 0.15) is 52.4 Å². The van der Waals surface area contributed by atoms with Crippen molar-refractivity contribution < 1.29 is 0 Å². The van der Waals surface area contributed by atoms with Gasteiger partial charge in [0.05, 0.1) is 0 Å². The number of nitrogens with one attached hydrogen (secondary N) is 1. The van der Waals surface area contributed by atoms with Crippen molar-refractivity contribution in [3.8, 4) is 0 Å². The Morgan fingerprint density at radius 1 is 1.15 bits per heavy atom. The summed E-state index contributed by atoms with van der Waals surface area (Å²) in [6, 6.07) is 1.53. The molecule has 0 aromatic rings. The fourth-order valence-corrected chi connectivity index (χ4v) is 4.78. The Morgan fingerprint density at radius 2 is 1.90 bits per heavy atom. The molecule has 3 aliphatic rings. The summed E-state index contributed by atoms with van der Waals surface area (Å²) in [7, 11) is 2.30. The third-order valence-electron chi connectivity index (χ3n) is 6.00. The Kier molecular flexibility index (Phi) is 4.40. The van der Waals surface area contributed by atoms with Gasteiger partial charge in [-0.25, -0.2) is 0 Å². The number of hydrogen-bond acceptors (Lipinski definition) is 3. The monoisotopic (exact) mass is 279 g/mol. The van der Waals surface area contributed by atoms with Crippen LogP contribution < -0.4 is 5.32 Å². The maximum atomic E-state index is 3.95. The molecule has 2 heterocycles. The van der Waals surface area contributed by atoms with E-state index in [9.17, 15) is 0 Å². The molecule has 2 atom stereocenters. The van der Waals surface area contributed by atoms with E-state index in [-0.39, 0.29) is 0 Å². The molecule has 0 bridgehead atoms. The highest BCUT2D eigenvalue weighted by molar-refractivity contribution is 5.03. The van der Waals surface area contributed by atoms with Crippen molar-refractivity contribution in [2.45, 2.75) is 70.0 Å². The normalized spacial score (nSPS) is 36.0. The zero-order valence-corrected chi connectivity index (χ0v) is 13.7. The van der Waals surface area contributed by atoms with Gasteiger partial charge in [-0.05, 0) is 45.2 Å². The Labute approximate surface area is 125 Å². The van der Waals surface area contributed by atoms with Gasteiger partial charge in [-0.1, -0.05) is 26.7 Å². The number of piperazine rings is 1. The molecule has 0 radical (unpaired) electrons. The van der Waals surface area contributed by atoms with Crippen LogP contribution in [-0.4, -0.2) is 60.6 Å². The molecule has 20 heavy (non-hydrogen) atoms. The molecular formula is C17H33N3. The van der Waals surface area contributed by atoms with Crippen molar-refractivity contribution in [3.63, 3.8) is 0 Å². The molecule has 0 aromatic heterocycles. The summed E-state index contributed by atoms with van der Waals surface area (Å²) < 4.78 is 0. The van der Waals surface area contributed by atoms with Crippen LogP contribution in [0, 0.1) is 5.92 Å². The second kappa shape index (κ2) is 5.94. The first-order valence-electron chi connectivity index (χ1n) is 8.79. The fourth-order valence-electron chi connectivity index (χ4n) is 4.78. The molecule has 0 aromatic carbocycles. The van der Waals surface area contributed by atoms with Crippen molar-refractivity contribution >= 4 is 0 Å². The minimum absolute atomic E-state index is 0.460. The van der Waals surface area contributed by atoms with Crippen LogP contribution in [0.2, 0.25) is 0 Å². The summed E-state index contributed by atoms with van der Waals surface area (Å²) in [4.78, 5) is 5.44. The van der Waals surface area contributed by atoms with Crippen molar-refractivity contribution in [2.24, 2.45) is 5.92 Å². The number of piperidine rings is 1. The third-order valence-corrected chi connectivity index (χ3v) is 6.00. The molecule has 3 rings (SSSR count). The second-order valence-electron chi connectivity index (χ2n) is 7.91. The highest BCUT2D eigenvalue weighted by Crippen LogP contribution is 2.36. The molecule has 3 fully saturated rings. The molecule has 3 nitrogen and oxygen atoms in total. The lowest BCUT2D eigenvalue weighted by Gasteiger charge is -2.52.